The summed E-state index contributed by atoms with van der Waals surface area (Å²) in [4.78, 5) is 16.4. The van der Waals surface area contributed by atoms with Gasteiger partial charge in [-0.05, 0) is 36.8 Å². The van der Waals surface area contributed by atoms with Crippen molar-refractivity contribution in [2.45, 2.75) is 18.1 Å². The first-order chi connectivity index (χ1) is 13.6. The number of hydrogen-bond donors (Lipinski definition) is 2. The van der Waals surface area contributed by atoms with Crippen LogP contribution in [0.2, 0.25) is 0 Å². The zero-order chi connectivity index (χ0) is 19.5. The van der Waals surface area contributed by atoms with Crippen molar-refractivity contribution in [3.8, 4) is 22.9 Å². The second kappa shape index (κ2) is 7.77. The number of nitrogens with zero attached hydrogens (tertiary/aromatic N) is 4. The highest BCUT2D eigenvalue weighted by atomic mass is 32.2. The highest BCUT2D eigenvalue weighted by molar-refractivity contribution is 7.99. The van der Waals surface area contributed by atoms with Gasteiger partial charge >= 0.3 is 0 Å². The molecule has 28 heavy (non-hydrogen) atoms. The molecular formula is C18H18N6O3S. The van der Waals surface area contributed by atoms with Crippen molar-refractivity contribution >= 4 is 17.7 Å². The number of nitrogens with two attached hydrogens (primary N) is 1. The summed E-state index contributed by atoms with van der Waals surface area (Å²) < 4.78 is 12.0. The van der Waals surface area contributed by atoms with Crippen LogP contribution in [0.5, 0.6) is 11.5 Å². The second-order valence-electron chi connectivity index (χ2n) is 6.11. The van der Waals surface area contributed by atoms with E-state index in [1.807, 2.05) is 31.2 Å². The van der Waals surface area contributed by atoms with Crippen molar-refractivity contribution in [1.29, 1.82) is 0 Å². The maximum atomic E-state index is 12.3. The third-order valence-corrected chi connectivity index (χ3v) is 5.13. The Morgan fingerprint density at radius 3 is 3.00 bits per heavy atom. The normalized spacial score (nSPS) is 13.3. The lowest BCUT2D eigenvalue weighted by atomic mass is 10.1. The number of hydrogen-bond acceptors (Lipinski definition) is 8. The highest BCUT2D eigenvalue weighted by Crippen LogP contribution is 2.34. The third-order valence-electron chi connectivity index (χ3n) is 4.19. The summed E-state index contributed by atoms with van der Waals surface area (Å²) in [6, 6.07) is 9.08. The van der Waals surface area contributed by atoms with Crippen LogP contribution in [0.1, 0.15) is 18.5 Å². The van der Waals surface area contributed by atoms with E-state index in [2.05, 4.69) is 20.5 Å². The van der Waals surface area contributed by atoms with Crippen LogP contribution in [0, 0.1) is 0 Å². The summed E-state index contributed by atoms with van der Waals surface area (Å²) in [5.74, 6) is 7.97. The average molecular weight is 398 g/mol. The van der Waals surface area contributed by atoms with E-state index in [-0.39, 0.29) is 24.5 Å². The standard InChI is InChI=1S/C18H18N6O3S/c1-11(12-4-5-14-15(7-12)27-10-26-14)21-16(25)9-28-18-23-22-17(24(18)19)13-3-2-6-20-8-13/h2-8,11H,9-10,19H2,1H3,(H,21,25)/t11-/m1/s1. The molecule has 1 amide bonds. The maximum absolute atomic E-state index is 12.3. The van der Waals surface area contributed by atoms with Gasteiger partial charge in [0.1, 0.15) is 0 Å². The van der Waals surface area contributed by atoms with Crippen molar-refractivity contribution < 1.29 is 14.3 Å². The van der Waals surface area contributed by atoms with Gasteiger partial charge in [-0.1, -0.05) is 17.8 Å². The Balaban J connectivity index is 1.35. The number of pyridine rings is 1. The third kappa shape index (κ3) is 3.72. The summed E-state index contributed by atoms with van der Waals surface area (Å²) in [6.07, 6.45) is 3.32. The quantitative estimate of drug-likeness (QED) is 0.476. The van der Waals surface area contributed by atoms with Crippen LogP contribution >= 0.6 is 11.8 Å². The number of nitrogens with one attached hydrogen (secondary N) is 1. The SMILES string of the molecule is C[C@@H](NC(=O)CSc1nnc(-c2cccnc2)n1N)c1ccc2c(c1)OCO2. The average Bonchev–Trinajstić information content (AvgIpc) is 3.32. The van der Waals surface area contributed by atoms with Crippen molar-refractivity contribution in [3.63, 3.8) is 0 Å². The molecule has 2 aromatic heterocycles. The summed E-state index contributed by atoms with van der Waals surface area (Å²) in [6.45, 7) is 2.13. The van der Waals surface area contributed by atoms with Gasteiger partial charge in [-0.25, -0.2) is 4.68 Å². The minimum absolute atomic E-state index is 0.138. The molecule has 1 atom stereocenters. The Hall–Kier alpha value is -3.27. The number of carbonyl (C=O) groups is 1. The van der Waals surface area contributed by atoms with Gasteiger partial charge < -0.3 is 20.6 Å². The lowest BCUT2D eigenvalue weighted by molar-refractivity contribution is -0.119. The molecule has 9 nitrogen and oxygen atoms in total. The molecule has 3 N–H and O–H groups in total. The van der Waals surface area contributed by atoms with Crippen LogP contribution in [0.4, 0.5) is 0 Å². The number of benzene rings is 1. The Bertz CT molecular complexity index is 994. The van der Waals surface area contributed by atoms with Crippen molar-refractivity contribution in [3.05, 3.63) is 48.3 Å². The fraction of sp³-hybridized carbons (Fsp3) is 0.222. The van der Waals surface area contributed by atoms with E-state index in [0.717, 1.165) is 11.1 Å². The van der Waals surface area contributed by atoms with Crippen LogP contribution in [0.25, 0.3) is 11.4 Å². The van der Waals surface area contributed by atoms with Gasteiger partial charge in [0.15, 0.2) is 17.3 Å². The van der Waals surface area contributed by atoms with Gasteiger partial charge in [0.05, 0.1) is 11.8 Å². The minimum Gasteiger partial charge on any atom is -0.454 e. The lowest BCUT2D eigenvalue weighted by Crippen LogP contribution is -2.28. The van der Waals surface area contributed by atoms with Gasteiger partial charge in [-0.3, -0.25) is 9.78 Å². The fourth-order valence-corrected chi connectivity index (χ4v) is 3.41. The molecule has 10 heteroatoms. The zero-order valence-electron chi connectivity index (χ0n) is 15.0. The Morgan fingerprint density at radius 2 is 2.18 bits per heavy atom. The molecule has 3 heterocycles. The molecule has 0 radical (unpaired) electrons. The van der Waals surface area contributed by atoms with Crippen LogP contribution in [-0.4, -0.2) is 38.3 Å². The first-order valence-corrected chi connectivity index (χ1v) is 9.53. The predicted molar refractivity (Wildman–Crippen MR) is 103 cm³/mol. The Labute approximate surface area is 165 Å². The fourth-order valence-electron chi connectivity index (χ4n) is 2.75. The Morgan fingerprint density at radius 1 is 1.32 bits per heavy atom. The summed E-state index contributed by atoms with van der Waals surface area (Å²) in [5, 5.41) is 11.5. The molecule has 1 aliphatic rings. The second-order valence-corrected chi connectivity index (χ2v) is 7.05. The molecule has 0 bridgehead atoms. The van der Waals surface area contributed by atoms with Gasteiger partial charge in [-0.15, -0.1) is 10.2 Å². The summed E-state index contributed by atoms with van der Waals surface area (Å²) in [5.41, 5.74) is 1.69. The molecule has 144 valence electrons. The van der Waals surface area contributed by atoms with E-state index in [1.54, 1.807) is 18.5 Å². The largest absolute Gasteiger partial charge is 0.454 e. The van der Waals surface area contributed by atoms with E-state index in [4.69, 9.17) is 15.3 Å². The topological polar surface area (TPSA) is 117 Å². The first-order valence-electron chi connectivity index (χ1n) is 8.54. The van der Waals surface area contributed by atoms with E-state index >= 15 is 0 Å². The van der Waals surface area contributed by atoms with Gasteiger partial charge in [0, 0.05) is 18.0 Å². The number of thioether (sulfide) groups is 1. The monoisotopic (exact) mass is 398 g/mol. The molecule has 0 saturated carbocycles. The van der Waals surface area contributed by atoms with Crippen LogP contribution in [0.3, 0.4) is 0 Å². The maximum Gasteiger partial charge on any atom is 0.231 e. The van der Waals surface area contributed by atoms with Crippen LogP contribution in [-0.2, 0) is 4.79 Å². The number of fused-ring (bicyclic) bond motifs is 1. The van der Waals surface area contributed by atoms with Crippen LogP contribution < -0.4 is 20.6 Å². The number of rotatable bonds is 6. The zero-order valence-corrected chi connectivity index (χ0v) is 15.8. The minimum atomic E-state index is -0.177. The van der Waals surface area contributed by atoms with Crippen molar-refractivity contribution in [2.75, 3.05) is 18.4 Å². The summed E-state index contributed by atoms with van der Waals surface area (Å²) >= 11 is 1.22. The number of amides is 1. The molecule has 0 aliphatic carbocycles. The number of nitrogen functional groups attached to an aromatic ring is 1. The van der Waals surface area contributed by atoms with Crippen molar-refractivity contribution in [1.82, 2.24) is 25.2 Å². The van der Waals surface area contributed by atoms with Gasteiger partial charge in [-0.2, -0.15) is 0 Å². The van der Waals surface area contributed by atoms with Crippen LogP contribution in [0.15, 0.2) is 47.9 Å². The molecule has 0 fully saturated rings. The molecule has 0 saturated heterocycles. The van der Waals surface area contributed by atoms with Gasteiger partial charge in [0.25, 0.3) is 0 Å². The van der Waals surface area contributed by atoms with E-state index in [1.165, 1.54) is 16.4 Å². The van der Waals surface area contributed by atoms with E-state index < -0.39 is 0 Å². The number of ether oxygens (including phenoxy) is 2. The van der Waals surface area contributed by atoms with Gasteiger partial charge in [0.2, 0.25) is 17.9 Å². The number of aromatic nitrogens is 4. The predicted octanol–water partition coefficient (Wildman–Crippen LogP) is 1.75. The van der Waals surface area contributed by atoms with E-state index in [9.17, 15) is 4.79 Å². The van der Waals surface area contributed by atoms with E-state index in [0.29, 0.717) is 22.5 Å². The Kier molecular flexibility index (Phi) is 5.02. The molecule has 0 unspecified atom stereocenters. The molecule has 1 aromatic carbocycles. The smallest absolute Gasteiger partial charge is 0.231 e. The number of carbonyl (C=O) groups excluding carboxylic acids is 1. The highest BCUT2D eigenvalue weighted by Gasteiger charge is 2.18. The molecule has 0 spiro atoms. The molecular weight excluding hydrogens is 380 g/mol. The summed E-state index contributed by atoms with van der Waals surface area (Å²) in [7, 11) is 0. The van der Waals surface area contributed by atoms with Crippen molar-refractivity contribution in [2.24, 2.45) is 0 Å². The first kappa shape index (κ1) is 18.1. The lowest BCUT2D eigenvalue weighted by Gasteiger charge is -2.14. The molecule has 4 rings (SSSR count). The molecule has 3 aromatic rings. The molecule has 1 aliphatic heterocycles.